The number of rotatable bonds is 9. The van der Waals surface area contributed by atoms with E-state index >= 15 is 0 Å². The van der Waals surface area contributed by atoms with Gasteiger partial charge in [-0.15, -0.1) is 0 Å². The Morgan fingerprint density at radius 2 is 1.95 bits per heavy atom. The Labute approximate surface area is 122 Å². The smallest absolute Gasteiger partial charge is 0.303 e. The molecular weight excluding hydrogens is 282 g/mol. The van der Waals surface area contributed by atoms with Crippen molar-refractivity contribution in [2.45, 2.75) is 25.7 Å². The van der Waals surface area contributed by atoms with Gasteiger partial charge in [0.25, 0.3) is 0 Å². The number of para-hydroxylation sites is 1. The normalized spacial score (nSPS) is 10.1. The summed E-state index contributed by atoms with van der Waals surface area (Å²) in [6.45, 7) is 0.794. The van der Waals surface area contributed by atoms with Crippen molar-refractivity contribution in [3.63, 3.8) is 0 Å². The van der Waals surface area contributed by atoms with E-state index in [4.69, 9.17) is 21.4 Å². The van der Waals surface area contributed by atoms with Crippen LogP contribution in [0.2, 0.25) is 5.02 Å². The Morgan fingerprint density at radius 1 is 1.20 bits per heavy atom. The molecule has 0 fully saturated rings. The zero-order valence-electron chi connectivity index (χ0n) is 11.1. The van der Waals surface area contributed by atoms with Gasteiger partial charge in [0.2, 0.25) is 5.91 Å². The molecule has 2 N–H and O–H groups in total. The third kappa shape index (κ3) is 6.99. The Bertz CT molecular complexity index is 451. The van der Waals surface area contributed by atoms with E-state index < -0.39 is 5.97 Å². The van der Waals surface area contributed by atoms with Crippen molar-refractivity contribution >= 4 is 23.5 Å². The molecule has 0 spiro atoms. The molecule has 0 saturated heterocycles. The van der Waals surface area contributed by atoms with E-state index in [0.717, 1.165) is 0 Å². The number of carbonyl (C=O) groups is 2. The van der Waals surface area contributed by atoms with E-state index in [1.54, 1.807) is 12.1 Å². The summed E-state index contributed by atoms with van der Waals surface area (Å²) in [6.07, 6.45) is 1.43. The van der Waals surface area contributed by atoms with Crippen molar-refractivity contribution in [1.29, 1.82) is 0 Å². The minimum absolute atomic E-state index is 0.0654. The summed E-state index contributed by atoms with van der Waals surface area (Å²) in [7, 11) is 0. The Hall–Kier alpha value is -1.75. The molecule has 0 saturated carbocycles. The van der Waals surface area contributed by atoms with Crippen molar-refractivity contribution < 1.29 is 19.4 Å². The van der Waals surface area contributed by atoms with Gasteiger partial charge < -0.3 is 15.2 Å². The fourth-order valence-corrected chi connectivity index (χ4v) is 1.72. The molecule has 0 atom stereocenters. The topological polar surface area (TPSA) is 75.6 Å². The lowest BCUT2D eigenvalue weighted by Gasteiger charge is -2.08. The van der Waals surface area contributed by atoms with Crippen molar-refractivity contribution in [2.24, 2.45) is 0 Å². The molecule has 20 heavy (non-hydrogen) atoms. The van der Waals surface area contributed by atoms with Crippen molar-refractivity contribution in [1.82, 2.24) is 5.32 Å². The third-order valence-corrected chi connectivity index (χ3v) is 2.84. The highest BCUT2D eigenvalue weighted by molar-refractivity contribution is 6.32. The second-order valence-electron chi connectivity index (χ2n) is 4.23. The molecule has 1 amide bonds. The monoisotopic (exact) mass is 299 g/mol. The standard InChI is InChI=1S/C14H18ClNO4/c15-11-5-1-2-6-12(11)20-10-4-7-13(17)16-9-3-8-14(18)19/h1-2,5-6H,3-4,7-10H2,(H,16,17)(H,18,19). The largest absolute Gasteiger partial charge is 0.492 e. The number of hydrogen-bond acceptors (Lipinski definition) is 3. The first-order valence-electron chi connectivity index (χ1n) is 6.45. The summed E-state index contributed by atoms with van der Waals surface area (Å²) >= 11 is 5.92. The third-order valence-electron chi connectivity index (χ3n) is 2.53. The zero-order chi connectivity index (χ0) is 14.8. The maximum Gasteiger partial charge on any atom is 0.303 e. The van der Waals surface area contributed by atoms with Gasteiger partial charge in [-0.05, 0) is 25.0 Å². The van der Waals surface area contributed by atoms with E-state index in [1.165, 1.54) is 0 Å². The Kier molecular flexibility index (Phi) is 7.50. The predicted molar refractivity (Wildman–Crippen MR) is 76.1 cm³/mol. The molecule has 0 bridgehead atoms. The van der Waals surface area contributed by atoms with Crippen LogP contribution in [0.15, 0.2) is 24.3 Å². The number of carboxylic acid groups (broad SMARTS) is 1. The summed E-state index contributed by atoms with van der Waals surface area (Å²) in [5.74, 6) is -0.346. The predicted octanol–water partition coefficient (Wildman–Crippen LogP) is 2.48. The van der Waals surface area contributed by atoms with Crippen LogP contribution in [0, 0.1) is 0 Å². The molecule has 0 aliphatic heterocycles. The van der Waals surface area contributed by atoms with Gasteiger partial charge in [0.05, 0.1) is 11.6 Å². The first-order valence-corrected chi connectivity index (χ1v) is 6.83. The van der Waals surface area contributed by atoms with Crippen LogP contribution < -0.4 is 10.1 Å². The van der Waals surface area contributed by atoms with Gasteiger partial charge in [0, 0.05) is 19.4 Å². The highest BCUT2D eigenvalue weighted by Crippen LogP contribution is 2.23. The minimum atomic E-state index is -0.854. The highest BCUT2D eigenvalue weighted by Gasteiger charge is 2.03. The molecule has 110 valence electrons. The first-order chi connectivity index (χ1) is 9.59. The molecule has 0 radical (unpaired) electrons. The summed E-state index contributed by atoms with van der Waals surface area (Å²) in [4.78, 5) is 21.7. The van der Waals surface area contributed by atoms with Gasteiger partial charge in [0.15, 0.2) is 0 Å². The van der Waals surface area contributed by atoms with Crippen LogP contribution in [0.3, 0.4) is 0 Å². The molecule has 0 aliphatic carbocycles. The number of carboxylic acids is 1. The fourth-order valence-electron chi connectivity index (χ4n) is 1.53. The summed E-state index contributed by atoms with van der Waals surface area (Å²) in [5.41, 5.74) is 0. The molecule has 0 aromatic heterocycles. The summed E-state index contributed by atoms with van der Waals surface area (Å²) < 4.78 is 5.45. The maximum atomic E-state index is 11.4. The van der Waals surface area contributed by atoms with E-state index in [1.807, 2.05) is 12.1 Å². The highest BCUT2D eigenvalue weighted by atomic mass is 35.5. The van der Waals surface area contributed by atoms with E-state index in [2.05, 4.69) is 5.32 Å². The van der Waals surface area contributed by atoms with Gasteiger partial charge in [-0.1, -0.05) is 23.7 Å². The van der Waals surface area contributed by atoms with Crippen molar-refractivity contribution in [2.75, 3.05) is 13.2 Å². The van der Waals surface area contributed by atoms with Crippen LogP contribution in [0.5, 0.6) is 5.75 Å². The molecule has 1 aromatic carbocycles. The lowest BCUT2D eigenvalue weighted by Crippen LogP contribution is -2.25. The van der Waals surface area contributed by atoms with Crippen molar-refractivity contribution in [3.8, 4) is 5.75 Å². The number of benzene rings is 1. The Morgan fingerprint density at radius 3 is 2.65 bits per heavy atom. The molecule has 1 rings (SSSR count). The zero-order valence-corrected chi connectivity index (χ0v) is 11.9. The lowest BCUT2D eigenvalue weighted by atomic mass is 10.3. The number of halogens is 1. The quantitative estimate of drug-likeness (QED) is 0.687. The number of carbonyl (C=O) groups excluding carboxylic acids is 1. The van der Waals surface area contributed by atoms with Gasteiger partial charge in [0.1, 0.15) is 5.75 Å². The lowest BCUT2D eigenvalue weighted by molar-refractivity contribution is -0.137. The molecule has 0 unspecified atom stereocenters. The number of amides is 1. The van der Waals surface area contributed by atoms with Gasteiger partial charge >= 0.3 is 5.97 Å². The second kappa shape index (κ2) is 9.20. The average molecular weight is 300 g/mol. The van der Waals surface area contributed by atoms with Crippen LogP contribution in [-0.2, 0) is 9.59 Å². The van der Waals surface area contributed by atoms with Gasteiger partial charge in [-0.25, -0.2) is 0 Å². The first kappa shape index (κ1) is 16.3. The number of nitrogens with one attached hydrogen (secondary N) is 1. The number of hydrogen-bond donors (Lipinski definition) is 2. The maximum absolute atomic E-state index is 11.4. The summed E-state index contributed by atoms with van der Waals surface area (Å²) in [6, 6.07) is 7.16. The van der Waals surface area contributed by atoms with Crippen LogP contribution >= 0.6 is 11.6 Å². The molecule has 1 aromatic rings. The van der Waals surface area contributed by atoms with Crippen LogP contribution in [-0.4, -0.2) is 30.1 Å². The number of aliphatic carboxylic acids is 1. The van der Waals surface area contributed by atoms with Gasteiger partial charge in [-0.3, -0.25) is 9.59 Å². The Balaban J connectivity index is 2.07. The van der Waals surface area contributed by atoms with Crippen LogP contribution in [0.4, 0.5) is 0 Å². The van der Waals surface area contributed by atoms with Gasteiger partial charge in [-0.2, -0.15) is 0 Å². The minimum Gasteiger partial charge on any atom is -0.492 e. The fraction of sp³-hybridized carbons (Fsp3) is 0.429. The van der Waals surface area contributed by atoms with E-state index in [9.17, 15) is 9.59 Å². The SMILES string of the molecule is O=C(O)CCCNC(=O)CCCOc1ccccc1Cl. The molecule has 0 aliphatic rings. The molecule has 6 heteroatoms. The summed E-state index contributed by atoms with van der Waals surface area (Å²) in [5, 5.41) is 11.7. The second-order valence-corrected chi connectivity index (χ2v) is 4.64. The van der Waals surface area contributed by atoms with E-state index in [-0.39, 0.29) is 12.3 Å². The number of ether oxygens (including phenoxy) is 1. The van der Waals surface area contributed by atoms with Crippen molar-refractivity contribution in [3.05, 3.63) is 29.3 Å². The molecular formula is C14H18ClNO4. The molecule has 5 nitrogen and oxygen atoms in total. The van der Waals surface area contributed by atoms with Crippen LogP contribution in [0.1, 0.15) is 25.7 Å². The van der Waals surface area contributed by atoms with Crippen LogP contribution in [0.25, 0.3) is 0 Å². The molecule has 0 heterocycles. The average Bonchev–Trinajstić information content (AvgIpc) is 2.41. The van der Waals surface area contributed by atoms with E-state index in [0.29, 0.717) is 43.2 Å².